The van der Waals surface area contributed by atoms with Gasteiger partial charge in [-0.3, -0.25) is 9.55 Å². The zero-order valence-corrected chi connectivity index (χ0v) is 15.6. The number of rotatable bonds is 3. The molecule has 4 rings (SSSR count). The van der Waals surface area contributed by atoms with Crippen molar-refractivity contribution in [3.05, 3.63) is 76.9 Å². The summed E-state index contributed by atoms with van der Waals surface area (Å²) in [5.41, 5.74) is 2.45. The molecule has 3 aromatic heterocycles. The maximum absolute atomic E-state index is 15.1. The van der Waals surface area contributed by atoms with Gasteiger partial charge in [-0.05, 0) is 50.2 Å². The molecule has 0 aliphatic carbocycles. The molecule has 0 N–H and O–H groups in total. The van der Waals surface area contributed by atoms with Crippen LogP contribution in [0.1, 0.15) is 28.1 Å². The molecule has 0 amide bonds. The highest BCUT2D eigenvalue weighted by Gasteiger charge is 2.35. The van der Waals surface area contributed by atoms with Crippen molar-refractivity contribution in [1.82, 2.24) is 19.1 Å². The van der Waals surface area contributed by atoms with Crippen LogP contribution in [0.2, 0.25) is 0 Å². The smallest absolute Gasteiger partial charge is 0.300 e. The first kappa shape index (κ1) is 17.9. The number of benzene rings is 1. The van der Waals surface area contributed by atoms with Crippen LogP contribution in [0.25, 0.3) is 17.0 Å². The second-order valence-corrected chi connectivity index (χ2v) is 6.74. The van der Waals surface area contributed by atoms with E-state index in [1.54, 1.807) is 11.6 Å². The van der Waals surface area contributed by atoms with Gasteiger partial charge in [0.1, 0.15) is 6.07 Å². The molecule has 0 spiro atoms. The van der Waals surface area contributed by atoms with Gasteiger partial charge in [-0.25, -0.2) is 4.98 Å². The quantitative estimate of drug-likeness (QED) is 0.532. The molecule has 4 aromatic rings. The zero-order valence-electron chi connectivity index (χ0n) is 15.6. The Hall–Kier alpha value is -3.53. The van der Waals surface area contributed by atoms with Crippen molar-refractivity contribution in [3.63, 3.8) is 0 Å². The van der Waals surface area contributed by atoms with Gasteiger partial charge in [0.2, 0.25) is 5.95 Å². The molecule has 0 radical (unpaired) electrons. The third-order valence-electron chi connectivity index (χ3n) is 4.92. The van der Waals surface area contributed by atoms with Gasteiger partial charge in [0, 0.05) is 42.0 Å². The van der Waals surface area contributed by atoms with E-state index in [1.807, 2.05) is 36.6 Å². The Morgan fingerprint density at radius 2 is 1.79 bits per heavy atom. The van der Waals surface area contributed by atoms with E-state index in [2.05, 4.69) is 9.97 Å². The Morgan fingerprint density at radius 3 is 2.39 bits per heavy atom. The molecule has 0 bridgehead atoms. The van der Waals surface area contributed by atoms with Gasteiger partial charge in [-0.15, -0.1) is 0 Å². The fraction of sp³-hybridized carbons (Fsp3) is 0.190. The minimum absolute atomic E-state index is 0.153. The first-order valence-electron chi connectivity index (χ1n) is 8.69. The van der Waals surface area contributed by atoms with Gasteiger partial charge < -0.3 is 4.57 Å². The summed E-state index contributed by atoms with van der Waals surface area (Å²) in [6.45, 7) is 3.89. The van der Waals surface area contributed by atoms with Crippen LogP contribution in [0.15, 0.2) is 48.8 Å². The number of hydrogen-bond acceptors (Lipinski definition) is 3. The van der Waals surface area contributed by atoms with Gasteiger partial charge in [0.05, 0.1) is 16.6 Å². The summed E-state index contributed by atoms with van der Waals surface area (Å²) >= 11 is 0. The standard InChI is InChI=1S/C21H17F2N5/c1-13-6-7-14(2)28(13)20-26-18-10-17(9-15(11-24)19(18)27(20)3)21(22,23)16-5-4-8-25-12-16/h4-10,12H,1-3H3. The summed E-state index contributed by atoms with van der Waals surface area (Å²) in [6.07, 6.45) is 2.57. The van der Waals surface area contributed by atoms with Crippen molar-refractivity contribution in [2.75, 3.05) is 0 Å². The van der Waals surface area contributed by atoms with Crippen molar-refractivity contribution in [1.29, 1.82) is 5.26 Å². The lowest BCUT2D eigenvalue weighted by atomic mass is 9.99. The number of fused-ring (bicyclic) bond motifs is 1. The minimum Gasteiger partial charge on any atom is -0.312 e. The van der Waals surface area contributed by atoms with Gasteiger partial charge in [-0.2, -0.15) is 14.0 Å². The van der Waals surface area contributed by atoms with Crippen LogP contribution in [0.4, 0.5) is 8.78 Å². The predicted molar refractivity (Wildman–Crippen MR) is 101 cm³/mol. The van der Waals surface area contributed by atoms with Crippen LogP contribution in [0, 0.1) is 25.2 Å². The Bertz CT molecular complexity index is 1210. The van der Waals surface area contributed by atoms with Crippen LogP contribution < -0.4 is 0 Å². The van der Waals surface area contributed by atoms with E-state index in [9.17, 15) is 5.26 Å². The Labute approximate surface area is 160 Å². The highest BCUT2D eigenvalue weighted by atomic mass is 19.3. The monoisotopic (exact) mass is 377 g/mol. The highest BCUT2D eigenvalue weighted by Crippen LogP contribution is 2.38. The normalized spacial score (nSPS) is 11.7. The molecule has 0 aliphatic rings. The number of aryl methyl sites for hydroxylation is 3. The number of hydrogen-bond donors (Lipinski definition) is 0. The van der Waals surface area contributed by atoms with Gasteiger partial charge >= 0.3 is 0 Å². The lowest BCUT2D eigenvalue weighted by Gasteiger charge is -2.17. The van der Waals surface area contributed by atoms with Crippen LogP contribution in [-0.2, 0) is 13.0 Å². The summed E-state index contributed by atoms with van der Waals surface area (Å²) in [4.78, 5) is 8.36. The van der Waals surface area contributed by atoms with Crippen LogP contribution in [0.3, 0.4) is 0 Å². The summed E-state index contributed by atoms with van der Waals surface area (Å²) in [7, 11) is 1.78. The lowest BCUT2D eigenvalue weighted by Crippen LogP contribution is -2.16. The summed E-state index contributed by atoms with van der Waals surface area (Å²) < 4.78 is 33.8. The van der Waals surface area contributed by atoms with Gasteiger partial charge in [-0.1, -0.05) is 0 Å². The third-order valence-corrected chi connectivity index (χ3v) is 4.92. The molecule has 0 fully saturated rings. The van der Waals surface area contributed by atoms with Crippen molar-refractivity contribution >= 4 is 11.0 Å². The topological polar surface area (TPSA) is 59.4 Å². The van der Waals surface area contributed by atoms with Crippen LogP contribution in [-0.4, -0.2) is 19.1 Å². The molecule has 3 heterocycles. The largest absolute Gasteiger partial charge is 0.312 e. The van der Waals surface area contributed by atoms with Gasteiger partial charge in [0.15, 0.2) is 0 Å². The maximum atomic E-state index is 15.1. The number of imidazole rings is 1. The molecular weight excluding hydrogens is 360 g/mol. The molecule has 28 heavy (non-hydrogen) atoms. The average Bonchev–Trinajstić information content (AvgIpc) is 3.20. The van der Waals surface area contributed by atoms with E-state index >= 15 is 8.78 Å². The van der Waals surface area contributed by atoms with Crippen LogP contribution >= 0.6 is 0 Å². The second-order valence-electron chi connectivity index (χ2n) is 6.74. The molecule has 140 valence electrons. The SMILES string of the molecule is Cc1ccc(C)n1-c1nc2cc(C(F)(F)c3cccnc3)cc(C#N)c2n1C. The first-order valence-corrected chi connectivity index (χ1v) is 8.69. The fourth-order valence-corrected chi connectivity index (χ4v) is 3.51. The van der Waals surface area contributed by atoms with E-state index in [0.717, 1.165) is 17.6 Å². The molecule has 0 saturated heterocycles. The Kier molecular flexibility index (Phi) is 4.00. The van der Waals surface area contributed by atoms with Crippen molar-refractivity contribution in [2.24, 2.45) is 7.05 Å². The summed E-state index contributed by atoms with van der Waals surface area (Å²) in [5.74, 6) is -2.71. The number of aromatic nitrogens is 4. The molecule has 0 atom stereocenters. The molecular formula is C21H17F2N5. The highest BCUT2D eigenvalue weighted by molar-refractivity contribution is 5.84. The number of halogens is 2. The summed E-state index contributed by atoms with van der Waals surface area (Å²) in [6, 6.07) is 11.3. The second kappa shape index (κ2) is 6.27. The summed E-state index contributed by atoms with van der Waals surface area (Å²) in [5, 5.41) is 9.61. The average molecular weight is 377 g/mol. The predicted octanol–water partition coefficient (Wildman–Crippen LogP) is 4.39. The number of nitriles is 1. The van der Waals surface area contributed by atoms with E-state index in [-0.39, 0.29) is 16.7 Å². The van der Waals surface area contributed by atoms with Gasteiger partial charge in [0.25, 0.3) is 5.92 Å². The van der Waals surface area contributed by atoms with Crippen molar-refractivity contribution in [3.8, 4) is 12.0 Å². The number of alkyl halides is 2. The van der Waals surface area contributed by atoms with E-state index in [4.69, 9.17) is 0 Å². The van der Waals surface area contributed by atoms with E-state index < -0.39 is 5.92 Å². The van der Waals surface area contributed by atoms with Crippen LogP contribution in [0.5, 0.6) is 0 Å². The maximum Gasteiger partial charge on any atom is 0.300 e. The number of pyridine rings is 1. The first-order chi connectivity index (χ1) is 13.3. The Morgan fingerprint density at radius 1 is 1.07 bits per heavy atom. The van der Waals surface area contributed by atoms with E-state index in [0.29, 0.717) is 17.0 Å². The molecule has 0 saturated carbocycles. The molecule has 7 heteroatoms. The molecule has 0 unspecified atom stereocenters. The van der Waals surface area contributed by atoms with E-state index in [1.165, 1.54) is 30.5 Å². The van der Waals surface area contributed by atoms with Crippen molar-refractivity contribution in [2.45, 2.75) is 19.8 Å². The third kappa shape index (κ3) is 2.57. The molecule has 5 nitrogen and oxygen atoms in total. The lowest BCUT2D eigenvalue weighted by molar-refractivity contribution is 0.0426. The zero-order chi connectivity index (χ0) is 20.1. The minimum atomic E-state index is -3.29. The molecule has 0 aliphatic heterocycles. The Balaban J connectivity index is 1.98. The fourth-order valence-electron chi connectivity index (χ4n) is 3.51. The van der Waals surface area contributed by atoms with Crippen molar-refractivity contribution < 1.29 is 8.78 Å². The molecule has 1 aromatic carbocycles. The number of nitrogens with zero attached hydrogens (tertiary/aromatic N) is 5.